The molecule has 18 heavy (non-hydrogen) atoms. The van der Waals surface area contributed by atoms with E-state index in [9.17, 15) is 0 Å². The fraction of sp³-hybridized carbons (Fsp3) is 0.625. The van der Waals surface area contributed by atoms with E-state index in [1.54, 1.807) is 0 Å². The first-order chi connectivity index (χ1) is 8.45. The molecule has 1 saturated heterocycles. The zero-order chi connectivity index (χ0) is 13.2. The lowest BCUT2D eigenvalue weighted by Crippen LogP contribution is -2.18. The van der Waals surface area contributed by atoms with Gasteiger partial charge in [0.1, 0.15) is 0 Å². The van der Waals surface area contributed by atoms with Crippen molar-refractivity contribution in [3.63, 3.8) is 0 Å². The van der Waals surface area contributed by atoms with Gasteiger partial charge in [0.2, 0.25) is 0 Å². The van der Waals surface area contributed by atoms with Crippen LogP contribution in [0.4, 0.5) is 0 Å². The smallest absolute Gasteiger partial charge is 0.0468 e. The average Bonchev–Trinajstić information content (AvgIpc) is 2.28. The molecule has 1 aromatic rings. The number of halogens is 1. The van der Waals surface area contributed by atoms with Gasteiger partial charge in [0.25, 0.3) is 0 Å². The lowest BCUT2D eigenvalue weighted by Gasteiger charge is -2.24. The van der Waals surface area contributed by atoms with Gasteiger partial charge in [-0.05, 0) is 53.9 Å². The first-order valence-electron chi connectivity index (χ1n) is 6.83. The van der Waals surface area contributed by atoms with Gasteiger partial charge in [0.05, 0.1) is 0 Å². The molecule has 0 saturated carbocycles. The molecule has 0 bridgehead atoms. The highest BCUT2D eigenvalue weighted by atomic mass is 35.5. The van der Waals surface area contributed by atoms with Crippen LogP contribution in [0.3, 0.4) is 0 Å². The van der Waals surface area contributed by atoms with Crippen molar-refractivity contribution in [3.05, 3.63) is 34.3 Å². The van der Waals surface area contributed by atoms with Crippen molar-refractivity contribution < 1.29 is 4.74 Å². The van der Waals surface area contributed by atoms with Gasteiger partial charge in [-0.25, -0.2) is 0 Å². The monoisotopic (exact) mass is 266 g/mol. The summed E-state index contributed by atoms with van der Waals surface area (Å²) < 4.78 is 5.41. The lowest BCUT2D eigenvalue weighted by atomic mass is 9.84. The Hall–Kier alpha value is -0.530. The molecule has 1 fully saturated rings. The highest BCUT2D eigenvalue weighted by Gasteiger charge is 2.18. The Balaban J connectivity index is 2.14. The summed E-state index contributed by atoms with van der Waals surface area (Å²) in [5.41, 5.74) is 2.87. The van der Waals surface area contributed by atoms with E-state index < -0.39 is 0 Å². The number of hydrogen-bond acceptors (Lipinski definition) is 1. The average molecular weight is 267 g/mol. The Morgan fingerprint density at radius 3 is 2.44 bits per heavy atom. The molecule has 1 aromatic carbocycles. The minimum Gasteiger partial charge on any atom is -0.381 e. The van der Waals surface area contributed by atoms with Gasteiger partial charge in [0, 0.05) is 18.2 Å². The zero-order valence-corrected chi connectivity index (χ0v) is 12.4. The number of rotatable bonds is 2. The van der Waals surface area contributed by atoms with E-state index >= 15 is 0 Å². The summed E-state index contributed by atoms with van der Waals surface area (Å²) in [5.74, 6) is 0.755. The van der Waals surface area contributed by atoms with Crippen LogP contribution < -0.4 is 0 Å². The highest BCUT2D eigenvalue weighted by Crippen LogP contribution is 2.29. The van der Waals surface area contributed by atoms with Crippen LogP contribution in [0.15, 0.2) is 18.2 Å². The van der Waals surface area contributed by atoms with Gasteiger partial charge in [-0.1, -0.05) is 38.4 Å². The second kappa shape index (κ2) is 5.63. The van der Waals surface area contributed by atoms with E-state index in [2.05, 4.69) is 39.0 Å². The second-order valence-electron chi connectivity index (χ2n) is 6.36. The predicted octanol–water partition coefficient (Wildman–Crippen LogP) is 4.61. The van der Waals surface area contributed by atoms with Crippen molar-refractivity contribution in [2.24, 2.45) is 5.92 Å². The first kappa shape index (κ1) is 13.9. The molecule has 0 atom stereocenters. The van der Waals surface area contributed by atoms with Gasteiger partial charge < -0.3 is 4.74 Å². The Kier molecular flexibility index (Phi) is 4.34. The fourth-order valence-electron chi connectivity index (χ4n) is 2.49. The van der Waals surface area contributed by atoms with Crippen LogP contribution in [0.1, 0.15) is 44.7 Å². The van der Waals surface area contributed by atoms with Crippen LogP contribution in [0.2, 0.25) is 5.02 Å². The normalized spacial score (nSPS) is 18.0. The van der Waals surface area contributed by atoms with E-state index in [1.165, 1.54) is 24.0 Å². The molecule has 0 N–H and O–H groups in total. The van der Waals surface area contributed by atoms with Crippen molar-refractivity contribution in [1.82, 2.24) is 0 Å². The summed E-state index contributed by atoms with van der Waals surface area (Å²) in [6, 6.07) is 6.53. The van der Waals surface area contributed by atoms with Gasteiger partial charge in [0.15, 0.2) is 0 Å². The van der Waals surface area contributed by atoms with Crippen molar-refractivity contribution in [1.29, 1.82) is 0 Å². The van der Waals surface area contributed by atoms with Crippen molar-refractivity contribution in [3.8, 4) is 0 Å². The summed E-state index contributed by atoms with van der Waals surface area (Å²) in [7, 11) is 0. The molecule has 1 heterocycles. The second-order valence-corrected chi connectivity index (χ2v) is 6.79. The molecule has 1 nitrogen and oxygen atoms in total. The third-order valence-corrected chi connectivity index (χ3v) is 3.91. The molecule has 1 aliphatic heterocycles. The minimum absolute atomic E-state index is 0.162. The molecule has 100 valence electrons. The summed E-state index contributed by atoms with van der Waals surface area (Å²) >= 11 is 6.25. The maximum absolute atomic E-state index is 6.25. The standard InChI is InChI=1S/C16H23ClO/c1-16(2,3)14-9-13(10-15(17)11-14)8-12-4-6-18-7-5-12/h9-12H,4-8H2,1-3H3. The minimum atomic E-state index is 0.162. The van der Waals surface area contributed by atoms with Crippen LogP contribution in [0.5, 0.6) is 0 Å². The molecule has 2 rings (SSSR count). The summed E-state index contributed by atoms with van der Waals surface area (Å²) in [5, 5.41) is 0.865. The van der Waals surface area contributed by atoms with Gasteiger partial charge in [-0.15, -0.1) is 0 Å². The third kappa shape index (κ3) is 3.73. The zero-order valence-electron chi connectivity index (χ0n) is 11.6. The largest absolute Gasteiger partial charge is 0.381 e. The van der Waals surface area contributed by atoms with Crippen LogP contribution in [-0.4, -0.2) is 13.2 Å². The van der Waals surface area contributed by atoms with Gasteiger partial charge in [-0.3, -0.25) is 0 Å². The van der Waals surface area contributed by atoms with Crippen molar-refractivity contribution in [2.45, 2.75) is 45.4 Å². The highest BCUT2D eigenvalue weighted by molar-refractivity contribution is 6.30. The van der Waals surface area contributed by atoms with Crippen LogP contribution in [-0.2, 0) is 16.6 Å². The molecule has 0 radical (unpaired) electrons. The number of hydrogen-bond donors (Lipinski definition) is 0. The lowest BCUT2D eigenvalue weighted by molar-refractivity contribution is 0.0665. The van der Waals surface area contributed by atoms with E-state index in [0.717, 1.165) is 30.6 Å². The third-order valence-electron chi connectivity index (χ3n) is 3.69. The Labute approximate surface area is 115 Å². The molecule has 0 amide bonds. The summed E-state index contributed by atoms with van der Waals surface area (Å²) in [6.07, 6.45) is 3.49. The topological polar surface area (TPSA) is 9.23 Å². The molecule has 0 spiro atoms. The molecule has 0 aromatic heterocycles. The molecule has 2 heteroatoms. The van der Waals surface area contributed by atoms with E-state index in [-0.39, 0.29) is 5.41 Å². The quantitative estimate of drug-likeness (QED) is 0.760. The maximum Gasteiger partial charge on any atom is 0.0468 e. The molecular weight excluding hydrogens is 244 g/mol. The summed E-state index contributed by atoms with van der Waals surface area (Å²) in [6.45, 7) is 8.53. The van der Waals surface area contributed by atoms with E-state index in [0.29, 0.717) is 0 Å². The number of benzene rings is 1. The van der Waals surface area contributed by atoms with Gasteiger partial charge >= 0.3 is 0 Å². The predicted molar refractivity (Wildman–Crippen MR) is 77.4 cm³/mol. The SMILES string of the molecule is CC(C)(C)c1cc(Cl)cc(CC2CCOCC2)c1. The first-order valence-corrected chi connectivity index (χ1v) is 7.20. The Morgan fingerprint density at radius 1 is 1.17 bits per heavy atom. The van der Waals surface area contributed by atoms with Crippen molar-refractivity contribution in [2.75, 3.05) is 13.2 Å². The van der Waals surface area contributed by atoms with E-state index in [4.69, 9.17) is 16.3 Å². The molecule has 0 aliphatic carbocycles. The maximum atomic E-state index is 6.25. The van der Waals surface area contributed by atoms with Crippen LogP contribution in [0.25, 0.3) is 0 Å². The molecule has 1 aliphatic rings. The number of ether oxygens (including phenoxy) is 1. The molecule has 0 unspecified atom stereocenters. The summed E-state index contributed by atoms with van der Waals surface area (Å²) in [4.78, 5) is 0. The van der Waals surface area contributed by atoms with Crippen molar-refractivity contribution >= 4 is 11.6 Å². The molecular formula is C16H23ClO. The van der Waals surface area contributed by atoms with Crippen LogP contribution >= 0.6 is 11.6 Å². The Bertz CT molecular complexity index is 400. The van der Waals surface area contributed by atoms with E-state index in [1.807, 2.05) is 0 Å². The van der Waals surface area contributed by atoms with Gasteiger partial charge in [-0.2, -0.15) is 0 Å². The fourth-order valence-corrected chi connectivity index (χ4v) is 2.74. The Morgan fingerprint density at radius 2 is 1.83 bits per heavy atom. The van der Waals surface area contributed by atoms with Crippen LogP contribution in [0, 0.1) is 5.92 Å².